The van der Waals surface area contributed by atoms with Gasteiger partial charge in [-0.1, -0.05) is 54.6 Å². The molecule has 6 heteroatoms. The number of fused-ring (bicyclic) bond motifs is 1. The van der Waals surface area contributed by atoms with E-state index in [1.165, 1.54) is 27.8 Å². The molecule has 5 aromatic rings. The number of ether oxygens (including phenoxy) is 1. The van der Waals surface area contributed by atoms with E-state index in [4.69, 9.17) is 4.74 Å². The summed E-state index contributed by atoms with van der Waals surface area (Å²) in [6.45, 7) is 3.16. The minimum Gasteiger partial charge on any atom is -0.489 e. The highest BCUT2D eigenvalue weighted by molar-refractivity contribution is 7.12. The van der Waals surface area contributed by atoms with Gasteiger partial charge in [0.15, 0.2) is 0 Å². The van der Waals surface area contributed by atoms with E-state index in [1.54, 1.807) is 6.20 Å². The molecule has 33 heavy (non-hydrogen) atoms. The van der Waals surface area contributed by atoms with Gasteiger partial charge in [-0.25, -0.2) is 0 Å². The molecular weight excluding hydrogens is 430 g/mol. The Kier molecular flexibility index (Phi) is 5.91. The number of carbonyl (C=O) groups is 1. The van der Waals surface area contributed by atoms with Gasteiger partial charge in [0.2, 0.25) is 0 Å². The van der Waals surface area contributed by atoms with Gasteiger partial charge in [-0.05, 0) is 52.4 Å². The van der Waals surface area contributed by atoms with Gasteiger partial charge in [-0.3, -0.25) is 9.48 Å². The van der Waals surface area contributed by atoms with Crippen LogP contribution in [0.4, 0.5) is 5.69 Å². The van der Waals surface area contributed by atoms with Gasteiger partial charge >= 0.3 is 0 Å². The van der Waals surface area contributed by atoms with Crippen LogP contribution >= 0.6 is 11.3 Å². The smallest absolute Gasteiger partial charge is 0.265 e. The van der Waals surface area contributed by atoms with Crippen LogP contribution in [0.3, 0.4) is 0 Å². The van der Waals surface area contributed by atoms with Gasteiger partial charge in [-0.2, -0.15) is 5.10 Å². The first kappa shape index (κ1) is 21.0. The van der Waals surface area contributed by atoms with Gasteiger partial charge in [0, 0.05) is 11.8 Å². The van der Waals surface area contributed by atoms with E-state index < -0.39 is 0 Å². The van der Waals surface area contributed by atoms with Gasteiger partial charge < -0.3 is 10.1 Å². The molecule has 5 nitrogen and oxygen atoms in total. The van der Waals surface area contributed by atoms with E-state index in [-0.39, 0.29) is 5.91 Å². The number of carbonyl (C=O) groups excluding carboxylic acids is 1. The number of hydrogen-bond donors (Lipinski definition) is 1. The maximum atomic E-state index is 12.7. The fourth-order valence-electron chi connectivity index (χ4n) is 3.66. The van der Waals surface area contributed by atoms with Crippen molar-refractivity contribution in [1.82, 2.24) is 9.78 Å². The average molecular weight is 454 g/mol. The molecule has 0 unspecified atom stereocenters. The molecule has 0 spiro atoms. The molecule has 0 aliphatic carbocycles. The summed E-state index contributed by atoms with van der Waals surface area (Å²) in [4.78, 5) is 13.3. The average Bonchev–Trinajstić information content (AvgIpc) is 3.49. The Balaban J connectivity index is 1.19. The minimum absolute atomic E-state index is 0.146. The monoisotopic (exact) mass is 453 g/mol. The van der Waals surface area contributed by atoms with Crippen molar-refractivity contribution in [2.75, 3.05) is 5.32 Å². The Morgan fingerprint density at radius 2 is 1.85 bits per heavy atom. The van der Waals surface area contributed by atoms with Crippen molar-refractivity contribution < 1.29 is 9.53 Å². The molecule has 0 saturated carbocycles. The number of hydrogen-bond acceptors (Lipinski definition) is 4. The van der Waals surface area contributed by atoms with Crippen LogP contribution in [0.5, 0.6) is 5.75 Å². The number of rotatable bonds is 7. The largest absolute Gasteiger partial charge is 0.489 e. The van der Waals surface area contributed by atoms with Crippen LogP contribution in [-0.4, -0.2) is 15.7 Å². The van der Waals surface area contributed by atoms with Crippen LogP contribution in [0.25, 0.3) is 10.8 Å². The lowest BCUT2D eigenvalue weighted by Crippen LogP contribution is -2.09. The van der Waals surface area contributed by atoms with Crippen molar-refractivity contribution in [1.29, 1.82) is 0 Å². The lowest BCUT2D eigenvalue weighted by Gasteiger charge is -2.06. The number of amides is 1. The summed E-state index contributed by atoms with van der Waals surface area (Å²) in [6, 6.07) is 24.3. The summed E-state index contributed by atoms with van der Waals surface area (Å²) in [7, 11) is 0. The van der Waals surface area contributed by atoms with Crippen LogP contribution < -0.4 is 10.1 Å². The molecule has 5 rings (SSSR count). The molecule has 1 N–H and O–H groups in total. The minimum atomic E-state index is -0.146. The molecule has 2 heterocycles. The molecular formula is C27H23N3O2S. The predicted molar refractivity (Wildman–Crippen MR) is 133 cm³/mol. The Hall–Kier alpha value is -3.90. The second kappa shape index (κ2) is 9.30. The summed E-state index contributed by atoms with van der Waals surface area (Å²) in [5.74, 6) is 0.666. The van der Waals surface area contributed by atoms with E-state index in [0.717, 1.165) is 16.7 Å². The van der Waals surface area contributed by atoms with E-state index in [2.05, 4.69) is 47.7 Å². The van der Waals surface area contributed by atoms with Crippen LogP contribution in [0.2, 0.25) is 0 Å². The number of nitrogens with zero attached hydrogens (tertiary/aromatic N) is 2. The maximum Gasteiger partial charge on any atom is 0.265 e. The highest BCUT2D eigenvalue weighted by Crippen LogP contribution is 2.23. The topological polar surface area (TPSA) is 56.2 Å². The molecule has 1 amide bonds. The van der Waals surface area contributed by atoms with Gasteiger partial charge in [-0.15, -0.1) is 11.3 Å². The van der Waals surface area contributed by atoms with Crippen LogP contribution in [-0.2, 0) is 13.2 Å². The van der Waals surface area contributed by atoms with Crippen LogP contribution in [0.1, 0.15) is 26.4 Å². The lowest BCUT2D eigenvalue weighted by molar-refractivity contribution is 0.103. The third-order valence-corrected chi connectivity index (χ3v) is 6.47. The first-order valence-electron chi connectivity index (χ1n) is 10.7. The molecule has 0 fully saturated rings. The molecule has 3 aromatic carbocycles. The van der Waals surface area contributed by atoms with Gasteiger partial charge in [0.05, 0.1) is 23.3 Å². The Morgan fingerprint density at radius 1 is 1.03 bits per heavy atom. The fourth-order valence-corrected chi connectivity index (χ4v) is 4.46. The third-order valence-electron chi connectivity index (χ3n) is 5.49. The molecule has 164 valence electrons. The van der Waals surface area contributed by atoms with Gasteiger partial charge in [0.25, 0.3) is 5.91 Å². The van der Waals surface area contributed by atoms with Gasteiger partial charge in [0.1, 0.15) is 12.4 Å². The molecule has 0 aliphatic rings. The first-order chi connectivity index (χ1) is 16.1. The molecule has 0 saturated heterocycles. The number of aromatic nitrogens is 2. The van der Waals surface area contributed by atoms with Crippen LogP contribution in [0, 0.1) is 6.92 Å². The molecule has 0 radical (unpaired) electrons. The highest BCUT2D eigenvalue weighted by Gasteiger charge is 2.12. The quantitative estimate of drug-likeness (QED) is 0.315. The molecule has 0 aliphatic heterocycles. The van der Waals surface area contributed by atoms with Crippen molar-refractivity contribution in [2.45, 2.75) is 20.1 Å². The highest BCUT2D eigenvalue weighted by atomic mass is 32.1. The van der Waals surface area contributed by atoms with E-state index in [0.29, 0.717) is 23.7 Å². The predicted octanol–water partition coefficient (Wildman–Crippen LogP) is 6.29. The second-order valence-electron chi connectivity index (χ2n) is 7.92. The molecule has 2 aromatic heterocycles. The number of anilines is 1. The Bertz CT molecular complexity index is 1420. The summed E-state index contributed by atoms with van der Waals surface area (Å²) >= 11 is 1.41. The van der Waals surface area contributed by atoms with Crippen LogP contribution in [0.15, 0.2) is 90.6 Å². The summed E-state index contributed by atoms with van der Waals surface area (Å²) in [5, 5.41) is 11.6. The van der Waals surface area contributed by atoms with E-state index in [1.807, 2.05) is 58.7 Å². The standard InChI is InChI=1S/C27H23N3O2S/c1-19-6-2-3-9-23(19)15-30-16-24(14-28-30)29-27(31)26-12-20(18-33-26)17-32-25-11-10-21-7-4-5-8-22(21)13-25/h2-14,16,18H,15,17H2,1H3,(H,29,31). The number of benzene rings is 3. The SMILES string of the molecule is Cc1ccccc1Cn1cc(NC(=O)c2cc(COc3ccc4ccccc4c3)cs2)cn1. The third kappa shape index (κ3) is 4.96. The summed E-state index contributed by atoms with van der Waals surface area (Å²) < 4.78 is 7.77. The maximum absolute atomic E-state index is 12.7. The number of aryl methyl sites for hydroxylation is 1. The number of nitrogens with one attached hydrogen (secondary N) is 1. The summed E-state index contributed by atoms with van der Waals surface area (Å²) in [6.07, 6.45) is 3.52. The van der Waals surface area contributed by atoms with Crippen molar-refractivity contribution in [2.24, 2.45) is 0 Å². The van der Waals surface area contributed by atoms with E-state index in [9.17, 15) is 4.79 Å². The summed E-state index contributed by atoms with van der Waals surface area (Å²) in [5.41, 5.74) is 4.06. The molecule has 0 bridgehead atoms. The normalized spacial score (nSPS) is 10.9. The first-order valence-corrected chi connectivity index (χ1v) is 11.6. The van der Waals surface area contributed by atoms with Crippen molar-refractivity contribution in [3.05, 3.63) is 112 Å². The Morgan fingerprint density at radius 3 is 2.73 bits per heavy atom. The Labute approximate surface area is 196 Å². The number of thiophene rings is 1. The molecule has 0 atom stereocenters. The van der Waals surface area contributed by atoms with Crippen molar-refractivity contribution in [3.63, 3.8) is 0 Å². The zero-order chi connectivity index (χ0) is 22.6. The second-order valence-corrected chi connectivity index (χ2v) is 8.84. The zero-order valence-corrected chi connectivity index (χ0v) is 19.0. The van der Waals surface area contributed by atoms with E-state index >= 15 is 0 Å². The fraction of sp³-hybridized carbons (Fsp3) is 0.111. The zero-order valence-electron chi connectivity index (χ0n) is 18.2. The van der Waals surface area contributed by atoms with Crippen molar-refractivity contribution in [3.8, 4) is 5.75 Å². The lowest BCUT2D eigenvalue weighted by atomic mass is 10.1. The van der Waals surface area contributed by atoms with Crippen molar-refractivity contribution >= 4 is 33.7 Å².